The Labute approximate surface area is 200 Å². The summed E-state index contributed by atoms with van der Waals surface area (Å²) in [5, 5.41) is 21.9. The summed E-state index contributed by atoms with van der Waals surface area (Å²) in [6, 6.07) is 16.0. The number of carbonyl (C=O) groups excluding carboxylic acids is 1. The smallest absolute Gasteiger partial charge is 0.336 e. The van der Waals surface area contributed by atoms with E-state index in [-0.39, 0.29) is 41.7 Å². The van der Waals surface area contributed by atoms with Gasteiger partial charge in [0.1, 0.15) is 23.2 Å². The summed E-state index contributed by atoms with van der Waals surface area (Å²) in [7, 11) is 1.58. The molecule has 174 valence electrons. The van der Waals surface area contributed by atoms with Crippen LogP contribution in [0.1, 0.15) is 35.5 Å². The highest BCUT2D eigenvalue weighted by Crippen LogP contribution is 2.49. The highest BCUT2D eigenvalue weighted by molar-refractivity contribution is 5.93. The quantitative estimate of drug-likeness (QED) is 0.494. The molecule has 1 amide bonds. The van der Waals surface area contributed by atoms with Crippen molar-refractivity contribution in [1.29, 1.82) is 5.26 Å². The number of amides is 1. The summed E-state index contributed by atoms with van der Waals surface area (Å²) >= 11 is 0. The highest BCUT2D eigenvalue weighted by Gasteiger charge is 2.49. The minimum Gasteiger partial charge on any atom is -0.497 e. The SMILES string of the molecule is COc1cccc(CC(=O)N2CC3CC2c2c(O)n(-c4cnc(C#N)c5ccccc45)c(=O)n23)c1. The van der Waals surface area contributed by atoms with E-state index in [1.807, 2.05) is 30.3 Å². The Morgan fingerprint density at radius 1 is 1.23 bits per heavy atom. The molecule has 9 nitrogen and oxygen atoms in total. The summed E-state index contributed by atoms with van der Waals surface area (Å²) in [5.74, 6) is 0.421. The van der Waals surface area contributed by atoms with E-state index < -0.39 is 0 Å². The van der Waals surface area contributed by atoms with Gasteiger partial charge >= 0.3 is 5.69 Å². The fourth-order valence-corrected chi connectivity index (χ4v) is 5.44. The first-order valence-electron chi connectivity index (χ1n) is 11.3. The van der Waals surface area contributed by atoms with Crippen molar-refractivity contribution < 1.29 is 14.6 Å². The highest BCUT2D eigenvalue weighted by atomic mass is 16.5. The number of aromatic nitrogens is 3. The number of carbonyl (C=O) groups is 1. The predicted octanol–water partition coefficient (Wildman–Crippen LogP) is 2.84. The standard InChI is InChI=1S/C26H21N5O4/c1-35-17-6-4-5-15(9-17)10-23(32)29-14-16-11-21(29)24-25(33)31(26(34)30(16)24)22-13-28-20(12-27)18-7-2-3-8-19(18)22/h2-9,13,16,21,33H,10-11,14H2,1H3. The molecule has 2 atom stereocenters. The Bertz CT molecular complexity index is 1610. The predicted molar refractivity (Wildman–Crippen MR) is 127 cm³/mol. The number of rotatable bonds is 4. The number of nitrogens with zero attached hydrogens (tertiary/aromatic N) is 5. The Kier molecular flexibility index (Phi) is 4.64. The van der Waals surface area contributed by atoms with E-state index in [1.165, 1.54) is 10.8 Å². The topological polar surface area (TPSA) is 113 Å². The molecule has 6 rings (SSSR count). The maximum absolute atomic E-state index is 13.5. The number of hydrogen-bond donors (Lipinski definition) is 1. The normalized spacial score (nSPS) is 18.0. The average Bonchev–Trinajstić information content (AvgIpc) is 3.55. The fraction of sp³-hybridized carbons (Fsp3) is 0.231. The van der Waals surface area contributed by atoms with Crippen LogP contribution in [0.4, 0.5) is 0 Å². The van der Waals surface area contributed by atoms with E-state index in [0.717, 1.165) is 5.56 Å². The molecule has 4 aromatic rings. The lowest BCUT2D eigenvalue weighted by molar-refractivity contribution is -0.132. The lowest BCUT2D eigenvalue weighted by atomic mass is 10.1. The third kappa shape index (κ3) is 3.03. The molecule has 0 radical (unpaired) electrons. The third-order valence-corrected chi connectivity index (χ3v) is 6.99. The van der Waals surface area contributed by atoms with Crippen LogP contribution in [0.5, 0.6) is 11.6 Å². The molecule has 0 aliphatic carbocycles. The van der Waals surface area contributed by atoms with Crippen molar-refractivity contribution in [3.8, 4) is 23.4 Å². The summed E-state index contributed by atoms with van der Waals surface area (Å²) in [6.45, 7) is 0.413. The van der Waals surface area contributed by atoms with Crippen LogP contribution in [0.3, 0.4) is 0 Å². The molecule has 4 heterocycles. The fourth-order valence-electron chi connectivity index (χ4n) is 5.44. The molecule has 1 N–H and O–H groups in total. The van der Waals surface area contributed by atoms with Crippen LogP contribution in [0.15, 0.2) is 59.5 Å². The molecule has 2 aliphatic heterocycles. The zero-order valence-corrected chi connectivity index (χ0v) is 18.9. The van der Waals surface area contributed by atoms with Crippen LogP contribution in [0.25, 0.3) is 16.5 Å². The van der Waals surface area contributed by atoms with Crippen LogP contribution < -0.4 is 10.4 Å². The molecule has 2 aliphatic rings. The molecular weight excluding hydrogens is 446 g/mol. The van der Waals surface area contributed by atoms with E-state index in [4.69, 9.17) is 4.74 Å². The zero-order valence-electron chi connectivity index (χ0n) is 18.9. The second-order valence-electron chi connectivity index (χ2n) is 8.83. The van der Waals surface area contributed by atoms with Gasteiger partial charge in [0.2, 0.25) is 11.8 Å². The molecule has 35 heavy (non-hydrogen) atoms. The molecule has 2 unspecified atom stereocenters. The van der Waals surface area contributed by atoms with Gasteiger partial charge in [-0.25, -0.2) is 14.3 Å². The number of ether oxygens (including phenoxy) is 1. The van der Waals surface area contributed by atoms with Crippen molar-refractivity contribution in [1.82, 2.24) is 19.0 Å². The first kappa shape index (κ1) is 21.0. The number of imidazole rings is 1. The van der Waals surface area contributed by atoms with Gasteiger partial charge in [0.05, 0.1) is 37.5 Å². The molecule has 2 bridgehead atoms. The van der Waals surface area contributed by atoms with E-state index >= 15 is 0 Å². The Morgan fingerprint density at radius 2 is 2.03 bits per heavy atom. The van der Waals surface area contributed by atoms with E-state index in [9.17, 15) is 20.0 Å². The van der Waals surface area contributed by atoms with Gasteiger partial charge < -0.3 is 14.7 Å². The van der Waals surface area contributed by atoms with Gasteiger partial charge in [0, 0.05) is 17.3 Å². The maximum atomic E-state index is 13.5. The van der Waals surface area contributed by atoms with Crippen molar-refractivity contribution >= 4 is 16.7 Å². The Hall–Kier alpha value is -4.58. The van der Waals surface area contributed by atoms with E-state index in [0.29, 0.717) is 40.9 Å². The van der Waals surface area contributed by atoms with Crippen molar-refractivity contribution in [2.24, 2.45) is 0 Å². The first-order chi connectivity index (χ1) is 17.0. The molecule has 1 fully saturated rings. The number of benzene rings is 2. The van der Waals surface area contributed by atoms with Crippen molar-refractivity contribution in [2.75, 3.05) is 13.7 Å². The molecule has 2 aromatic heterocycles. The van der Waals surface area contributed by atoms with Gasteiger partial charge in [-0.2, -0.15) is 5.26 Å². The summed E-state index contributed by atoms with van der Waals surface area (Å²) in [5.41, 5.74) is 1.56. The van der Waals surface area contributed by atoms with Gasteiger partial charge in [-0.3, -0.25) is 9.36 Å². The number of likely N-dealkylation sites (tertiary alicyclic amines) is 1. The maximum Gasteiger partial charge on any atom is 0.336 e. The molecular formula is C26H21N5O4. The van der Waals surface area contributed by atoms with Gasteiger partial charge in [-0.1, -0.05) is 36.4 Å². The number of pyridine rings is 1. The van der Waals surface area contributed by atoms with Gasteiger partial charge in [0.15, 0.2) is 0 Å². The van der Waals surface area contributed by atoms with Crippen LogP contribution in [0, 0.1) is 11.3 Å². The first-order valence-corrected chi connectivity index (χ1v) is 11.3. The van der Waals surface area contributed by atoms with E-state index in [1.54, 1.807) is 34.8 Å². The van der Waals surface area contributed by atoms with E-state index in [2.05, 4.69) is 11.1 Å². The van der Waals surface area contributed by atoms with Crippen molar-refractivity contribution in [3.05, 3.63) is 82.2 Å². The number of methoxy groups -OCH3 is 1. The molecule has 0 saturated carbocycles. The number of aromatic hydroxyl groups is 1. The summed E-state index contributed by atoms with van der Waals surface area (Å²) in [6.07, 6.45) is 2.23. The minimum atomic E-state index is -0.385. The molecule has 1 saturated heterocycles. The number of hydrogen-bond acceptors (Lipinski definition) is 6. The summed E-state index contributed by atoms with van der Waals surface area (Å²) in [4.78, 5) is 32.6. The van der Waals surface area contributed by atoms with Gasteiger partial charge in [0.25, 0.3) is 0 Å². The minimum absolute atomic E-state index is 0.0675. The van der Waals surface area contributed by atoms with Crippen LogP contribution >= 0.6 is 0 Å². The van der Waals surface area contributed by atoms with Crippen molar-refractivity contribution in [2.45, 2.75) is 24.9 Å². The largest absolute Gasteiger partial charge is 0.497 e. The Balaban J connectivity index is 1.39. The second-order valence-corrected chi connectivity index (χ2v) is 8.83. The van der Waals surface area contributed by atoms with Crippen LogP contribution in [-0.2, 0) is 11.2 Å². The van der Waals surface area contributed by atoms with Gasteiger partial charge in [-0.15, -0.1) is 0 Å². The lowest BCUT2D eigenvalue weighted by Gasteiger charge is -2.27. The molecule has 0 spiro atoms. The average molecular weight is 467 g/mol. The van der Waals surface area contributed by atoms with Crippen LogP contribution in [0.2, 0.25) is 0 Å². The number of nitriles is 1. The number of fused-ring (bicyclic) bond motifs is 6. The van der Waals surface area contributed by atoms with Gasteiger partial charge in [-0.05, 0) is 24.1 Å². The van der Waals surface area contributed by atoms with Crippen LogP contribution in [-0.4, -0.2) is 43.7 Å². The summed E-state index contributed by atoms with van der Waals surface area (Å²) < 4.78 is 8.09. The zero-order chi connectivity index (χ0) is 24.3. The third-order valence-electron chi connectivity index (χ3n) is 6.99. The molecule has 9 heteroatoms. The monoisotopic (exact) mass is 467 g/mol. The molecule has 2 aromatic carbocycles. The second kappa shape index (κ2) is 7.74. The Morgan fingerprint density at radius 3 is 2.80 bits per heavy atom. The van der Waals surface area contributed by atoms with Crippen molar-refractivity contribution in [3.63, 3.8) is 0 Å². The lowest BCUT2D eigenvalue weighted by Crippen LogP contribution is -2.38.